The molecule has 0 bridgehead atoms. The molecule has 2 heterocycles. The Kier molecular flexibility index (Phi) is 3.63. The minimum Gasteiger partial charge on any atom is -0.387 e. The first kappa shape index (κ1) is 12.3. The maximum Gasteiger partial charge on any atom is 0.253 e. The molecule has 1 fully saturated rings. The zero-order valence-corrected chi connectivity index (χ0v) is 9.97. The number of halogens is 1. The maximum absolute atomic E-state index is 12.8. The zero-order valence-electron chi connectivity index (χ0n) is 9.15. The van der Waals surface area contributed by atoms with Crippen LogP contribution < -0.4 is 5.32 Å². The van der Waals surface area contributed by atoms with E-state index in [1.807, 2.05) is 0 Å². The van der Waals surface area contributed by atoms with Gasteiger partial charge in [-0.05, 0) is 18.2 Å². The number of carbonyl (C=O) groups excluding carboxylic acids is 1. The SMILES string of the molecule is O=C(NCC1(O)CCSC1)c1cncc(F)c1. The average molecular weight is 256 g/mol. The van der Waals surface area contributed by atoms with Crippen LogP contribution in [-0.2, 0) is 0 Å². The highest BCUT2D eigenvalue weighted by Gasteiger charge is 2.32. The molecule has 1 amide bonds. The Morgan fingerprint density at radius 3 is 3.12 bits per heavy atom. The molecule has 0 radical (unpaired) electrons. The molecule has 1 aromatic rings. The highest BCUT2D eigenvalue weighted by Crippen LogP contribution is 2.26. The van der Waals surface area contributed by atoms with Crippen LogP contribution in [0.2, 0.25) is 0 Å². The molecule has 4 nitrogen and oxygen atoms in total. The lowest BCUT2D eigenvalue weighted by Crippen LogP contribution is -2.43. The van der Waals surface area contributed by atoms with Crippen molar-refractivity contribution in [2.45, 2.75) is 12.0 Å². The first-order valence-corrected chi connectivity index (χ1v) is 6.43. The van der Waals surface area contributed by atoms with Crippen molar-refractivity contribution in [3.8, 4) is 0 Å². The van der Waals surface area contributed by atoms with Crippen molar-refractivity contribution in [2.24, 2.45) is 0 Å². The van der Waals surface area contributed by atoms with Crippen LogP contribution in [0.4, 0.5) is 4.39 Å². The van der Waals surface area contributed by atoms with Crippen molar-refractivity contribution in [2.75, 3.05) is 18.1 Å². The Hall–Kier alpha value is -1.14. The van der Waals surface area contributed by atoms with Crippen molar-refractivity contribution >= 4 is 17.7 Å². The number of hydrogen-bond donors (Lipinski definition) is 2. The summed E-state index contributed by atoms with van der Waals surface area (Å²) in [4.78, 5) is 15.3. The third-order valence-corrected chi connectivity index (χ3v) is 3.86. The largest absolute Gasteiger partial charge is 0.387 e. The molecule has 1 saturated heterocycles. The molecule has 1 aliphatic rings. The van der Waals surface area contributed by atoms with Crippen LogP contribution in [0.5, 0.6) is 0 Å². The summed E-state index contributed by atoms with van der Waals surface area (Å²) in [5, 5.41) is 12.6. The van der Waals surface area contributed by atoms with Crippen LogP contribution in [0.15, 0.2) is 18.5 Å². The minimum atomic E-state index is -0.832. The topological polar surface area (TPSA) is 62.2 Å². The molecule has 0 aliphatic carbocycles. The van der Waals surface area contributed by atoms with Crippen molar-refractivity contribution < 1.29 is 14.3 Å². The molecule has 1 aromatic heterocycles. The van der Waals surface area contributed by atoms with E-state index >= 15 is 0 Å². The van der Waals surface area contributed by atoms with E-state index in [0.717, 1.165) is 18.0 Å². The molecule has 0 saturated carbocycles. The van der Waals surface area contributed by atoms with Gasteiger partial charge in [0.2, 0.25) is 0 Å². The molecule has 1 unspecified atom stereocenters. The van der Waals surface area contributed by atoms with E-state index in [-0.39, 0.29) is 12.1 Å². The molecular formula is C11H13FN2O2S. The Morgan fingerprint density at radius 1 is 1.65 bits per heavy atom. The lowest BCUT2D eigenvalue weighted by molar-refractivity contribution is 0.0612. The number of pyridine rings is 1. The van der Waals surface area contributed by atoms with Gasteiger partial charge in [-0.3, -0.25) is 9.78 Å². The number of aromatic nitrogens is 1. The molecular weight excluding hydrogens is 243 g/mol. The van der Waals surface area contributed by atoms with Crippen LogP contribution in [0.25, 0.3) is 0 Å². The van der Waals surface area contributed by atoms with E-state index in [1.54, 1.807) is 11.8 Å². The quantitative estimate of drug-likeness (QED) is 0.840. The fraction of sp³-hybridized carbons (Fsp3) is 0.455. The van der Waals surface area contributed by atoms with E-state index < -0.39 is 17.3 Å². The number of carbonyl (C=O) groups is 1. The van der Waals surface area contributed by atoms with Gasteiger partial charge in [0.25, 0.3) is 5.91 Å². The maximum atomic E-state index is 12.8. The number of aliphatic hydroxyl groups is 1. The third-order valence-electron chi connectivity index (χ3n) is 2.63. The Morgan fingerprint density at radius 2 is 2.47 bits per heavy atom. The van der Waals surface area contributed by atoms with Crippen molar-refractivity contribution in [3.05, 3.63) is 29.8 Å². The Bertz CT molecular complexity index is 422. The third kappa shape index (κ3) is 3.17. The first-order chi connectivity index (χ1) is 8.09. The molecule has 1 atom stereocenters. The summed E-state index contributed by atoms with van der Waals surface area (Å²) >= 11 is 1.66. The van der Waals surface area contributed by atoms with Gasteiger partial charge in [-0.1, -0.05) is 0 Å². The Labute approximate surface area is 103 Å². The van der Waals surface area contributed by atoms with Gasteiger partial charge in [-0.25, -0.2) is 4.39 Å². The molecule has 2 rings (SSSR count). The molecule has 92 valence electrons. The Balaban J connectivity index is 1.93. The number of rotatable bonds is 3. The lowest BCUT2D eigenvalue weighted by Gasteiger charge is -2.21. The van der Waals surface area contributed by atoms with E-state index in [2.05, 4.69) is 10.3 Å². The second kappa shape index (κ2) is 5.01. The van der Waals surface area contributed by atoms with Crippen LogP contribution in [-0.4, -0.2) is 39.6 Å². The van der Waals surface area contributed by atoms with Gasteiger partial charge >= 0.3 is 0 Å². The standard InChI is InChI=1S/C11H13FN2O2S/c12-9-3-8(4-13-5-9)10(15)14-6-11(16)1-2-17-7-11/h3-5,16H,1-2,6-7H2,(H,14,15). The van der Waals surface area contributed by atoms with Gasteiger partial charge in [-0.2, -0.15) is 11.8 Å². The van der Waals surface area contributed by atoms with Gasteiger partial charge < -0.3 is 10.4 Å². The molecule has 2 N–H and O–H groups in total. The van der Waals surface area contributed by atoms with Crippen molar-refractivity contribution in [1.82, 2.24) is 10.3 Å². The molecule has 6 heteroatoms. The van der Waals surface area contributed by atoms with E-state index in [1.165, 1.54) is 6.20 Å². The summed E-state index contributed by atoms with van der Waals surface area (Å²) in [5.41, 5.74) is -0.666. The number of nitrogens with one attached hydrogen (secondary N) is 1. The number of nitrogens with zero attached hydrogens (tertiary/aromatic N) is 1. The average Bonchev–Trinajstić information content (AvgIpc) is 2.74. The van der Waals surface area contributed by atoms with Crippen LogP contribution >= 0.6 is 11.8 Å². The van der Waals surface area contributed by atoms with E-state index in [9.17, 15) is 14.3 Å². The predicted molar refractivity (Wildman–Crippen MR) is 63.4 cm³/mol. The zero-order chi connectivity index (χ0) is 12.3. The highest BCUT2D eigenvalue weighted by molar-refractivity contribution is 7.99. The lowest BCUT2D eigenvalue weighted by atomic mass is 10.0. The normalized spacial score (nSPS) is 23.6. The molecule has 0 spiro atoms. The van der Waals surface area contributed by atoms with E-state index in [0.29, 0.717) is 12.2 Å². The van der Waals surface area contributed by atoms with Crippen molar-refractivity contribution in [1.29, 1.82) is 0 Å². The predicted octanol–water partition coefficient (Wildman–Crippen LogP) is 0.818. The summed E-state index contributed by atoms with van der Waals surface area (Å²) in [6.45, 7) is 0.190. The molecule has 1 aliphatic heterocycles. The summed E-state index contributed by atoms with van der Waals surface area (Å²) < 4.78 is 12.8. The second-order valence-corrected chi connectivity index (χ2v) is 5.21. The van der Waals surface area contributed by atoms with E-state index in [4.69, 9.17) is 0 Å². The summed E-state index contributed by atoms with van der Waals surface area (Å²) in [5.74, 6) is 0.554. The van der Waals surface area contributed by atoms with Crippen LogP contribution in [0, 0.1) is 5.82 Å². The first-order valence-electron chi connectivity index (χ1n) is 5.28. The number of amides is 1. The molecule has 17 heavy (non-hydrogen) atoms. The van der Waals surface area contributed by atoms with Crippen molar-refractivity contribution in [3.63, 3.8) is 0 Å². The second-order valence-electron chi connectivity index (χ2n) is 4.10. The van der Waals surface area contributed by atoms with Crippen LogP contribution in [0.1, 0.15) is 16.8 Å². The van der Waals surface area contributed by atoms with Gasteiger partial charge in [-0.15, -0.1) is 0 Å². The summed E-state index contributed by atoms with van der Waals surface area (Å²) in [7, 11) is 0. The fourth-order valence-corrected chi connectivity index (χ4v) is 2.91. The monoisotopic (exact) mass is 256 g/mol. The summed E-state index contributed by atoms with van der Waals surface area (Å²) in [6, 6.07) is 1.12. The van der Waals surface area contributed by atoms with Gasteiger partial charge in [0.15, 0.2) is 0 Å². The highest BCUT2D eigenvalue weighted by atomic mass is 32.2. The number of thioether (sulfide) groups is 1. The van der Waals surface area contributed by atoms with Gasteiger partial charge in [0.1, 0.15) is 5.82 Å². The molecule has 0 aromatic carbocycles. The summed E-state index contributed by atoms with van der Waals surface area (Å²) in [6.07, 6.45) is 3.00. The fourth-order valence-electron chi connectivity index (χ4n) is 1.62. The number of hydrogen-bond acceptors (Lipinski definition) is 4. The van der Waals surface area contributed by atoms with Gasteiger partial charge in [0, 0.05) is 18.5 Å². The minimum absolute atomic E-state index is 0.166. The van der Waals surface area contributed by atoms with Crippen LogP contribution in [0.3, 0.4) is 0 Å². The van der Waals surface area contributed by atoms with Gasteiger partial charge in [0.05, 0.1) is 17.4 Å². The smallest absolute Gasteiger partial charge is 0.253 e.